The normalized spacial score (nSPS) is 29.8. The van der Waals surface area contributed by atoms with Gasteiger partial charge in [0.1, 0.15) is 0 Å². The largest absolute Gasteiger partial charge is 0.311 e. The van der Waals surface area contributed by atoms with Gasteiger partial charge in [-0.2, -0.15) is 11.8 Å². The van der Waals surface area contributed by atoms with Gasteiger partial charge in [-0.25, -0.2) is 0 Å². The minimum absolute atomic E-state index is 0.659. The molecule has 0 aliphatic carbocycles. The fourth-order valence-electron chi connectivity index (χ4n) is 2.13. The van der Waals surface area contributed by atoms with Gasteiger partial charge < -0.3 is 5.32 Å². The zero-order valence-corrected chi connectivity index (χ0v) is 10.7. The standard InChI is InChI=1S/C11H24N2S/c1-9(2)11-7-12-10(3)8-13(11)5-6-14-4/h9-12H,5-8H2,1-4H3. The molecular formula is C11H24N2S. The van der Waals surface area contributed by atoms with Gasteiger partial charge in [-0.15, -0.1) is 0 Å². The number of nitrogens with zero attached hydrogens (tertiary/aromatic N) is 1. The third kappa shape index (κ3) is 3.44. The van der Waals surface area contributed by atoms with Crippen LogP contribution in [0.4, 0.5) is 0 Å². The highest BCUT2D eigenvalue weighted by Gasteiger charge is 2.27. The van der Waals surface area contributed by atoms with Gasteiger partial charge in [-0.3, -0.25) is 4.90 Å². The van der Waals surface area contributed by atoms with Crippen molar-refractivity contribution in [2.75, 3.05) is 31.6 Å². The van der Waals surface area contributed by atoms with Crippen LogP contribution >= 0.6 is 11.8 Å². The van der Waals surface area contributed by atoms with E-state index in [1.165, 1.54) is 18.8 Å². The molecule has 3 heteroatoms. The Morgan fingerprint density at radius 3 is 2.79 bits per heavy atom. The number of hydrogen-bond donors (Lipinski definition) is 1. The van der Waals surface area contributed by atoms with E-state index in [0.717, 1.165) is 18.5 Å². The fourth-order valence-corrected chi connectivity index (χ4v) is 2.54. The highest BCUT2D eigenvalue weighted by molar-refractivity contribution is 7.98. The zero-order valence-electron chi connectivity index (χ0n) is 9.92. The molecule has 1 fully saturated rings. The summed E-state index contributed by atoms with van der Waals surface area (Å²) in [6.07, 6.45) is 2.19. The second-order valence-corrected chi connectivity index (χ2v) is 5.59. The van der Waals surface area contributed by atoms with Crippen molar-refractivity contribution in [1.82, 2.24) is 10.2 Å². The molecule has 0 aromatic carbocycles. The molecule has 1 rings (SSSR count). The average Bonchev–Trinajstić information content (AvgIpc) is 2.14. The summed E-state index contributed by atoms with van der Waals surface area (Å²) in [5.41, 5.74) is 0. The summed E-state index contributed by atoms with van der Waals surface area (Å²) in [7, 11) is 0. The molecule has 0 aromatic rings. The molecule has 1 aliphatic heterocycles. The Bertz CT molecular complexity index is 161. The summed E-state index contributed by atoms with van der Waals surface area (Å²) in [5, 5.41) is 3.57. The summed E-state index contributed by atoms with van der Waals surface area (Å²) < 4.78 is 0. The highest BCUT2D eigenvalue weighted by atomic mass is 32.2. The second-order valence-electron chi connectivity index (χ2n) is 4.61. The first-order valence-corrected chi connectivity index (χ1v) is 7.01. The van der Waals surface area contributed by atoms with Gasteiger partial charge in [0.05, 0.1) is 0 Å². The quantitative estimate of drug-likeness (QED) is 0.769. The van der Waals surface area contributed by atoms with Crippen molar-refractivity contribution in [3.8, 4) is 0 Å². The molecular weight excluding hydrogens is 192 g/mol. The van der Waals surface area contributed by atoms with Crippen LogP contribution in [0.5, 0.6) is 0 Å². The first kappa shape index (κ1) is 12.3. The van der Waals surface area contributed by atoms with Crippen LogP contribution in [0, 0.1) is 5.92 Å². The SMILES string of the molecule is CSCCN1CC(C)NCC1C(C)C. The van der Waals surface area contributed by atoms with Gasteiger partial charge in [0.25, 0.3) is 0 Å². The molecule has 2 nitrogen and oxygen atoms in total. The van der Waals surface area contributed by atoms with Crippen molar-refractivity contribution in [2.24, 2.45) is 5.92 Å². The zero-order chi connectivity index (χ0) is 10.6. The van der Waals surface area contributed by atoms with E-state index in [1.54, 1.807) is 0 Å². The maximum Gasteiger partial charge on any atom is 0.0244 e. The fraction of sp³-hybridized carbons (Fsp3) is 1.00. The van der Waals surface area contributed by atoms with Crippen molar-refractivity contribution in [3.63, 3.8) is 0 Å². The predicted octanol–water partition coefficient (Wildman–Crippen LogP) is 1.67. The molecule has 84 valence electrons. The lowest BCUT2D eigenvalue weighted by Gasteiger charge is -2.41. The number of nitrogens with one attached hydrogen (secondary N) is 1. The number of thioether (sulfide) groups is 1. The molecule has 0 saturated carbocycles. The highest BCUT2D eigenvalue weighted by Crippen LogP contribution is 2.15. The van der Waals surface area contributed by atoms with Crippen LogP contribution in [-0.2, 0) is 0 Å². The third-order valence-corrected chi connectivity index (χ3v) is 3.60. The Kier molecular flexibility index (Phi) is 5.28. The molecule has 0 amide bonds. The number of piperazine rings is 1. The Morgan fingerprint density at radius 1 is 1.50 bits per heavy atom. The van der Waals surface area contributed by atoms with Gasteiger partial charge in [0.15, 0.2) is 0 Å². The topological polar surface area (TPSA) is 15.3 Å². The number of hydrogen-bond acceptors (Lipinski definition) is 3. The maximum atomic E-state index is 3.57. The summed E-state index contributed by atoms with van der Waals surface area (Å²) in [5.74, 6) is 2.02. The molecule has 0 spiro atoms. The van der Waals surface area contributed by atoms with E-state index in [2.05, 4.69) is 37.2 Å². The van der Waals surface area contributed by atoms with Crippen LogP contribution in [0.3, 0.4) is 0 Å². The van der Waals surface area contributed by atoms with Crippen LogP contribution in [0.25, 0.3) is 0 Å². The molecule has 1 heterocycles. The summed E-state index contributed by atoms with van der Waals surface area (Å²) in [4.78, 5) is 2.66. The molecule has 0 aromatic heterocycles. The van der Waals surface area contributed by atoms with Gasteiger partial charge in [-0.05, 0) is 19.1 Å². The van der Waals surface area contributed by atoms with Crippen molar-refractivity contribution in [2.45, 2.75) is 32.9 Å². The first-order chi connectivity index (χ1) is 6.65. The van der Waals surface area contributed by atoms with Crippen LogP contribution in [-0.4, -0.2) is 48.6 Å². The molecule has 0 radical (unpaired) electrons. The van der Waals surface area contributed by atoms with E-state index < -0.39 is 0 Å². The molecule has 1 N–H and O–H groups in total. The minimum atomic E-state index is 0.659. The molecule has 0 bridgehead atoms. The van der Waals surface area contributed by atoms with Crippen molar-refractivity contribution >= 4 is 11.8 Å². The van der Waals surface area contributed by atoms with E-state index in [1.807, 2.05) is 11.8 Å². The van der Waals surface area contributed by atoms with Gasteiger partial charge >= 0.3 is 0 Å². The lowest BCUT2D eigenvalue weighted by atomic mass is 9.99. The lowest BCUT2D eigenvalue weighted by molar-refractivity contribution is 0.110. The van der Waals surface area contributed by atoms with E-state index in [9.17, 15) is 0 Å². The van der Waals surface area contributed by atoms with Crippen molar-refractivity contribution < 1.29 is 0 Å². The Morgan fingerprint density at radius 2 is 2.21 bits per heavy atom. The van der Waals surface area contributed by atoms with E-state index in [-0.39, 0.29) is 0 Å². The Hall–Kier alpha value is 0.270. The smallest absolute Gasteiger partial charge is 0.0244 e. The van der Waals surface area contributed by atoms with Gasteiger partial charge in [0, 0.05) is 37.5 Å². The van der Waals surface area contributed by atoms with Crippen LogP contribution in [0.1, 0.15) is 20.8 Å². The Balaban J connectivity index is 2.45. The Labute approximate surface area is 92.8 Å². The summed E-state index contributed by atoms with van der Waals surface area (Å²) in [6.45, 7) is 10.6. The van der Waals surface area contributed by atoms with Crippen molar-refractivity contribution in [1.29, 1.82) is 0 Å². The van der Waals surface area contributed by atoms with E-state index in [0.29, 0.717) is 6.04 Å². The molecule has 1 saturated heterocycles. The summed E-state index contributed by atoms with van der Waals surface area (Å²) in [6, 6.07) is 1.39. The van der Waals surface area contributed by atoms with Crippen LogP contribution < -0.4 is 5.32 Å². The third-order valence-electron chi connectivity index (χ3n) is 3.01. The first-order valence-electron chi connectivity index (χ1n) is 5.61. The van der Waals surface area contributed by atoms with Gasteiger partial charge in [0.2, 0.25) is 0 Å². The summed E-state index contributed by atoms with van der Waals surface area (Å²) >= 11 is 1.95. The molecule has 1 aliphatic rings. The second kappa shape index (κ2) is 5.99. The lowest BCUT2D eigenvalue weighted by Crippen LogP contribution is -2.57. The molecule has 14 heavy (non-hydrogen) atoms. The van der Waals surface area contributed by atoms with E-state index in [4.69, 9.17) is 0 Å². The van der Waals surface area contributed by atoms with Gasteiger partial charge in [-0.1, -0.05) is 13.8 Å². The average molecular weight is 216 g/mol. The van der Waals surface area contributed by atoms with Crippen LogP contribution in [0.15, 0.2) is 0 Å². The number of rotatable bonds is 4. The minimum Gasteiger partial charge on any atom is -0.311 e. The predicted molar refractivity (Wildman–Crippen MR) is 66.0 cm³/mol. The van der Waals surface area contributed by atoms with Crippen LogP contribution in [0.2, 0.25) is 0 Å². The van der Waals surface area contributed by atoms with Crippen molar-refractivity contribution in [3.05, 3.63) is 0 Å². The maximum absolute atomic E-state index is 3.57. The monoisotopic (exact) mass is 216 g/mol. The molecule has 2 unspecified atom stereocenters. The van der Waals surface area contributed by atoms with E-state index >= 15 is 0 Å². The molecule has 2 atom stereocenters.